The minimum Gasteiger partial charge on any atom is -0.396 e. The van der Waals surface area contributed by atoms with Crippen LogP contribution in [0.5, 0.6) is 0 Å². The molecule has 72 valence electrons. The molecule has 1 heterocycles. The molecule has 1 saturated heterocycles. The molecule has 2 heteroatoms. The Balaban J connectivity index is 2.22. The molecule has 2 nitrogen and oxygen atoms in total. The lowest BCUT2D eigenvalue weighted by atomic mass is 9.89. The maximum atomic E-state index is 8.92. The van der Waals surface area contributed by atoms with Crippen molar-refractivity contribution in [2.45, 2.75) is 26.2 Å². The molecule has 0 aromatic heterocycles. The van der Waals surface area contributed by atoms with Gasteiger partial charge in [-0.15, -0.1) is 0 Å². The van der Waals surface area contributed by atoms with Crippen LogP contribution >= 0.6 is 0 Å². The van der Waals surface area contributed by atoms with E-state index in [9.17, 15) is 0 Å². The van der Waals surface area contributed by atoms with Crippen LogP contribution in [0.4, 0.5) is 0 Å². The van der Waals surface area contributed by atoms with E-state index in [1.807, 2.05) is 0 Å². The Morgan fingerprint density at radius 2 is 2.33 bits per heavy atom. The summed E-state index contributed by atoms with van der Waals surface area (Å²) in [5.41, 5.74) is 0. The first-order chi connectivity index (χ1) is 5.72. The van der Waals surface area contributed by atoms with Gasteiger partial charge in [0.15, 0.2) is 0 Å². The second kappa shape index (κ2) is 4.83. The van der Waals surface area contributed by atoms with Crippen LogP contribution in [-0.4, -0.2) is 36.8 Å². The van der Waals surface area contributed by atoms with Crippen molar-refractivity contribution in [2.75, 3.05) is 26.7 Å². The van der Waals surface area contributed by atoms with Crippen LogP contribution in [0.1, 0.15) is 26.2 Å². The lowest BCUT2D eigenvalue weighted by Crippen LogP contribution is -2.33. The second-order valence-electron chi connectivity index (χ2n) is 4.29. The zero-order valence-corrected chi connectivity index (χ0v) is 8.29. The molecule has 0 aromatic rings. The van der Waals surface area contributed by atoms with Crippen molar-refractivity contribution in [3.05, 3.63) is 0 Å². The number of rotatable bonds is 3. The Hall–Kier alpha value is -0.0800. The van der Waals surface area contributed by atoms with E-state index >= 15 is 0 Å². The zero-order valence-electron chi connectivity index (χ0n) is 8.29. The van der Waals surface area contributed by atoms with E-state index in [0.717, 1.165) is 5.92 Å². The fraction of sp³-hybridized carbons (Fsp3) is 1.00. The molecule has 0 aromatic carbocycles. The van der Waals surface area contributed by atoms with E-state index in [1.165, 1.54) is 32.4 Å². The van der Waals surface area contributed by atoms with Crippen LogP contribution in [0.2, 0.25) is 0 Å². The van der Waals surface area contributed by atoms with Gasteiger partial charge in [0.25, 0.3) is 0 Å². The molecule has 0 aliphatic carbocycles. The van der Waals surface area contributed by atoms with Crippen LogP contribution in [0.25, 0.3) is 0 Å². The molecule has 1 aliphatic rings. The Bertz CT molecular complexity index is 127. The molecule has 12 heavy (non-hydrogen) atoms. The number of hydrogen-bond donors (Lipinski definition) is 1. The highest BCUT2D eigenvalue weighted by Gasteiger charge is 2.18. The largest absolute Gasteiger partial charge is 0.396 e. The summed E-state index contributed by atoms with van der Waals surface area (Å²) < 4.78 is 0. The summed E-state index contributed by atoms with van der Waals surface area (Å²) in [6.45, 7) is 4.96. The van der Waals surface area contributed by atoms with Crippen LogP contribution in [-0.2, 0) is 0 Å². The Morgan fingerprint density at radius 3 is 2.92 bits per heavy atom. The van der Waals surface area contributed by atoms with Crippen molar-refractivity contribution in [2.24, 2.45) is 11.8 Å². The maximum Gasteiger partial charge on any atom is 0.0456 e. The average molecular weight is 171 g/mol. The molecule has 2 atom stereocenters. The number of aliphatic hydroxyl groups is 1. The first-order valence-corrected chi connectivity index (χ1v) is 5.01. The van der Waals surface area contributed by atoms with Gasteiger partial charge in [-0.2, -0.15) is 0 Å². The summed E-state index contributed by atoms with van der Waals surface area (Å²) in [4.78, 5) is 2.40. The third kappa shape index (κ3) is 3.11. The van der Waals surface area contributed by atoms with Crippen molar-refractivity contribution in [3.63, 3.8) is 0 Å². The van der Waals surface area contributed by atoms with Gasteiger partial charge in [-0.05, 0) is 44.7 Å². The third-order valence-corrected chi connectivity index (χ3v) is 2.77. The molecular formula is C10H21NO. The summed E-state index contributed by atoms with van der Waals surface area (Å²) in [5.74, 6) is 1.31. The molecule has 0 spiro atoms. The monoisotopic (exact) mass is 171 g/mol. The molecule has 0 bridgehead atoms. The molecule has 0 radical (unpaired) electrons. The van der Waals surface area contributed by atoms with Gasteiger partial charge < -0.3 is 10.0 Å². The van der Waals surface area contributed by atoms with Crippen molar-refractivity contribution in [3.8, 4) is 0 Å². The molecule has 0 amide bonds. The maximum absolute atomic E-state index is 8.92. The molecule has 2 unspecified atom stereocenters. The molecule has 1 N–H and O–H groups in total. The van der Waals surface area contributed by atoms with Crippen LogP contribution < -0.4 is 0 Å². The molecule has 1 aliphatic heterocycles. The predicted octanol–water partition coefficient (Wildman–Crippen LogP) is 1.35. The standard InChI is InChI=1S/C10H21NO/c1-9(8-12)6-10-4-3-5-11(2)7-10/h9-10,12H,3-8H2,1-2H3. The van der Waals surface area contributed by atoms with E-state index in [4.69, 9.17) is 5.11 Å². The van der Waals surface area contributed by atoms with Gasteiger partial charge in [-0.25, -0.2) is 0 Å². The highest BCUT2D eigenvalue weighted by atomic mass is 16.3. The molecule has 1 fully saturated rings. The van der Waals surface area contributed by atoms with Crippen molar-refractivity contribution < 1.29 is 5.11 Å². The normalized spacial score (nSPS) is 28.8. The molecular weight excluding hydrogens is 150 g/mol. The topological polar surface area (TPSA) is 23.5 Å². The highest BCUT2D eigenvalue weighted by molar-refractivity contribution is 4.72. The van der Waals surface area contributed by atoms with Crippen molar-refractivity contribution in [1.29, 1.82) is 0 Å². The van der Waals surface area contributed by atoms with Gasteiger partial charge in [0, 0.05) is 13.2 Å². The Kier molecular flexibility index (Phi) is 4.02. The van der Waals surface area contributed by atoms with Gasteiger partial charge >= 0.3 is 0 Å². The fourth-order valence-corrected chi connectivity index (χ4v) is 2.11. The van der Waals surface area contributed by atoms with Gasteiger partial charge in [0.1, 0.15) is 0 Å². The average Bonchev–Trinajstić information content (AvgIpc) is 2.04. The predicted molar refractivity (Wildman–Crippen MR) is 51.1 cm³/mol. The summed E-state index contributed by atoms with van der Waals surface area (Å²) >= 11 is 0. The van der Waals surface area contributed by atoms with E-state index in [0.29, 0.717) is 12.5 Å². The van der Waals surface area contributed by atoms with Crippen LogP contribution in [0, 0.1) is 11.8 Å². The van der Waals surface area contributed by atoms with Gasteiger partial charge in [0.05, 0.1) is 0 Å². The smallest absolute Gasteiger partial charge is 0.0456 e. The number of aliphatic hydroxyl groups excluding tert-OH is 1. The third-order valence-electron chi connectivity index (χ3n) is 2.77. The molecule has 0 saturated carbocycles. The summed E-state index contributed by atoms with van der Waals surface area (Å²) in [7, 11) is 2.19. The van der Waals surface area contributed by atoms with E-state index in [2.05, 4.69) is 18.9 Å². The number of nitrogens with zero attached hydrogens (tertiary/aromatic N) is 1. The lowest BCUT2D eigenvalue weighted by molar-refractivity contribution is 0.158. The van der Waals surface area contributed by atoms with E-state index in [1.54, 1.807) is 0 Å². The number of hydrogen-bond acceptors (Lipinski definition) is 2. The number of likely N-dealkylation sites (tertiary alicyclic amines) is 1. The summed E-state index contributed by atoms with van der Waals surface area (Å²) in [6, 6.07) is 0. The minimum absolute atomic E-state index is 0.347. The second-order valence-corrected chi connectivity index (χ2v) is 4.29. The summed E-state index contributed by atoms with van der Waals surface area (Å²) in [6.07, 6.45) is 3.88. The fourth-order valence-electron chi connectivity index (χ4n) is 2.11. The SMILES string of the molecule is CC(CO)CC1CCCN(C)C1. The summed E-state index contributed by atoms with van der Waals surface area (Å²) in [5, 5.41) is 8.92. The van der Waals surface area contributed by atoms with E-state index < -0.39 is 0 Å². The van der Waals surface area contributed by atoms with Crippen molar-refractivity contribution in [1.82, 2.24) is 4.90 Å². The van der Waals surface area contributed by atoms with Crippen LogP contribution in [0.3, 0.4) is 0 Å². The van der Waals surface area contributed by atoms with Crippen molar-refractivity contribution >= 4 is 0 Å². The minimum atomic E-state index is 0.347. The lowest BCUT2D eigenvalue weighted by Gasteiger charge is -2.30. The zero-order chi connectivity index (χ0) is 8.97. The van der Waals surface area contributed by atoms with E-state index in [-0.39, 0.29) is 0 Å². The Labute approximate surface area is 75.6 Å². The van der Waals surface area contributed by atoms with Gasteiger partial charge in [-0.3, -0.25) is 0 Å². The molecule has 1 rings (SSSR count). The Morgan fingerprint density at radius 1 is 1.58 bits per heavy atom. The van der Waals surface area contributed by atoms with Crippen LogP contribution in [0.15, 0.2) is 0 Å². The first kappa shape index (κ1) is 10.0. The highest BCUT2D eigenvalue weighted by Crippen LogP contribution is 2.21. The first-order valence-electron chi connectivity index (χ1n) is 5.01. The number of piperidine rings is 1. The quantitative estimate of drug-likeness (QED) is 0.693. The van der Waals surface area contributed by atoms with Gasteiger partial charge in [0.2, 0.25) is 0 Å². The van der Waals surface area contributed by atoms with Gasteiger partial charge in [-0.1, -0.05) is 6.92 Å².